The van der Waals surface area contributed by atoms with Gasteiger partial charge in [-0.15, -0.1) is 11.6 Å². The van der Waals surface area contributed by atoms with Crippen molar-refractivity contribution in [2.45, 2.75) is 30.7 Å². The highest BCUT2D eigenvalue weighted by Gasteiger charge is 2.25. The standard InChI is InChI=1S/C10H15ClF2N2O2S/c1-3-15-6-9(4-8(15)5-11)18(16,17)14(2)7-10(12)13/h4,6,10H,3,5,7H2,1-2H3. The number of sulfonamides is 1. The molecule has 1 rings (SSSR count). The maximum absolute atomic E-state index is 12.2. The van der Waals surface area contributed by atoms with Gasteiger partial charge in [0.2, 0.25) is 10.0 Å². The maximum Gasteiger partial charge on any atom is 0.252 e. The van der Waals surface area contributed by atoms with E-state index in [1.54, 1.807) is 4.57 Å². The molecular formula is C10H15ClF2N2O2S. The fraction of sp³-hybridized carbons (Fsp3) is 0.600. The zero-order chi connectivity index (χ0) is 13.9. The van der Waals surface area contributed by atoms with Crippen molar-refractivity contribution in [2.24, 2.45) is 0 Å². The largest absolute Gasteiger partial charge is 0.349 e. The quantitative estimate of drug-likeness (QED) is 0.755. The van der Waals surface area contributed by atoms with Crippen molar-refractivity contribution >= 4 is 21.6 Å². The number of hydrogen-bond donors (Lipinski definition) is 0. The van der Waals surface area contributed by atoms with Crippen LogP contribution in [0.4, 0.5) is 8.78 Å². The minimum absolute atomic E-state index is 0.0110. The van der Waals surface area contributed by atoms with E-state index in [4.69, 9.17) is 11.6 Å². The van der Waals surface area contributed by atoms with Crippen LogP contribution in [-0.4, -0.2) is 37.3 Å². The van der Waals surface area contributed by atoms with E-state index in [1.807, 2.05) is 6.92 Å². The van der Waals surface area contributed by atoms with Crippen LogP contribution in [0, 0.1) is 0 Å². The summed E-state index contributed by atoms with van der Waals surface area (Å²) >= 11 is 5.69. The van der Waals surface area contributed by atoms with Gasteiger partial charge >= 0.3 is 0 Å². The predicted molar refractivity (Wildman–Crippen MR) is 65.5 cm³/mol. The summed E-state index contributed by atoms with van der Waals surface area (Å²) in [6.07, 6.45) is -1.29. The first kappa shape index (κ1) is 15.4. The number of rotatable bonds is 6. The van der Waals surface area contributed by atoms with Crippen LogP contribution >= 0.6 is 11.6 Å². The van der Waals surface area contributed by atoms with Gasteiger partial charge in [0, 0.05) is 25.5 Å². The van der Waals surface area contributed by atoms with Crippen LogP contribution in [0.2, 0.25) is 0 Å². The zero-order valence-corrected chi connectivity index (χ0v) is 11.7. The number of halogens is 3. The SMILES string of the molecule is CCn1cc(S(=O)(=O)N(C)CC(F)F)cc1CCl. The Bertz CT molecular complexity index is 480. The van der Waals surface area contributed by atoms with Crippen LogP contribution < -0.4 is 0 Å². The molecule has 0 saturated carbocycles. The van der Waals surface area contributed by atoms with Gasteiger partial charge in [0.05, 0.1) is 12.4 Å². The highest BCUT2D eigenvalue weighted by molar-refractivity contribution is 7.89. The van der Waals surface area contributed by atoms with E-state index >= 15 is 0 Å². The first-order valence-corrected chi connectivity index (χ1v) is 7.29. The van der Waals surface area contributed by atoms with Crippen molar-refractivity contribution in [3.05, 3.63) is 18.0 Å². The molecule has 0 fully saturated rings. The smallest absolute Gasteiger partial charge is 0.252 e. The molecule has 0 bridgehead atoms. The number of alkyl halides is 3. The van der Waals surface area contributed by atoms with Crippen LogP contribution in [0.5, 0.6) is 0 Å². The highest BCUT2D eigenvalue weighted by Crippen LogP contribution is 2.20. The van der Waals surface area contributed by atoms with Gasteiger partial charge in [-0.25, -0.2) is 17.2 Å². The Morgan fingerprint density at radius 1 is 1.50 bits per heavy atom. The van der Waals surface area contributed by atoms with Crippen LogP contribution in [0.1, 0.15) is 12.6 Å². The third-order valence-electron chi connectivity index (χ3n) is 2.54. The molecule has 18 heavy (non-hydrogen) atoms. The summed E-state index contributed by atoms with van der Waals surface area (Å²) in [5.41, 5.74) is 0.642. The second-order valence-electron chi connectivity index (χ2n) is 3.76. The van der Waals surface area contributed by atoms with Crippen LogP contribution in [0.15, 0.2) is 17.2 Å². The summed E-state index contributed by atoms with van der Waals surface area (Å²) in [5, 5.41) is 0. The second-order valence-corrected chi connectivity index (χ2v) is 6.08. The van der Waals surface area contributed by atoms with Crippen LogP contribution in [0.3, 0.4) is 0 Å². The van der Waals surface area contributed by atoms with Gasteiger partial charge in [0.15, 0.2) is 0 Å². The Labute approximate surface area is 110 Å². The van der Waals surface area contributed by atoms with Gasteiger partial charge in [0.25, 0.3) is 6.43 Å². The Morgan fingerprint density at radius 3 is 2.50 bits per heavy atom. The summed E-state index contributed by atoms with van der Waals surface area (Å²) < 4.78 is 50.8. The summed E-state index contributed by atoms with van der Waals surface area (Å²) in [6.45, 7) is 1.58. The van der Waals surface area contributed by atoms with Crippen molar-refractivity contribution in [3.63, 3.8) is 0 Å². The van der Waals surface area contributed by atoms with E-state index in [-0.39, 0.29) is 10.8 Å². The summed E-state index contributed by atoms with van der Waals surface area (Å²) in [5.74, 6) is 0.169. The lowest BCUT2D eigenvalue weighted by atomic mass is 10.5. The molecule has 0 spiro atoms. The molecule has 0 amide bonds. The number of hydrogen-bond acceptors (Lipinski definition) is 2. The molecular weight excluding hydrogens is 286 g/mol. The summed E-state index contributed by atoms with van der Waals surface area (Å²) in [7, 11) is -2.75. The molecule has 104 valence electrons. The van der Waals surface area contributed by atoms with Gasteiger partial charge in [-0.1, -0.05) is 0 Å². The van der Waals surface area contributed by atoms with Gasteiger partial charge in [-0.2, -0.15) is 4.31 Å². The molecule has 1 aromatic rings. The Balaban J connectivity index is 3.08. The number of aryl methyl sites for hydroxylation is 1. The molecule has 4 nitrogen and oxygen atoms in total. The van der Waals surface area contributed by atoms with Gasteiger partial charge in [-0.05, 0) is 13.0 Å². The van der Waals surface area contributed by atoms with Crippen molar-refractivity contribution in [3.8, 4) is 0 Å². The van der Waals surface area contributed by atoms with E-state index < -0.39 is 23.0 Å². The van der Waals surface area contributed by atoms with Crippen molar-refractivity contribution in [1.29, 1.82) is 0 Å². The molecule has 8 heteroatoms. The first-order chi connectivity index (χ1) is 8.32. The van der Waals surface area contributed by atoms with Crippen molar-refractivity contribution in [2.75, 3.05) is 13.6 Å². The van der Waals surface area contributed by atoms with Crippen LogP contribution in [-0.2, 0) is 22.4 Å². The van der Waals surface area contributed by atoms with Crippen molar-refractivity contribution < 1.29 is 17.2 Å². The van der Waals surface area contributed by atoms with E-state index in [0.717, 1.165) is 7.05 Å². The van der Waals surface area contributed by atoms with Crippen molar-refractivity contribution in [1.82, 2.24) is 8.87 Å². The lowest BCUT2D eigenvalue weighted by Crippen LogP contribution is -2.31. The average Bonchev–Trinajstić information content (AvgIpc) is 2.71. The normalized spacial score (nSPS) is 12.6. The third-order valence-corrected chi connectivity index (χ3v) is 4.60. The maximum atomic E-state index is 12.2. The van der Waals surface area contributed by atoms with E-state index in [9.17, 15) is 17.2 Å². The topological polar surface area (TPSA) is 42.3 Å². The van der Waals surface area contributed by atoms with E-state index in [2.05, 4.69) is 0 Å². The molecule has 0 radical (unpaired) electrons. The second kappa shape index (κ2) is 5.99. The third kappa shape index (κ3) is 3.21. The van der Waals surface area contributed by atoms with E-state index in [0.29, 0.717) is 16.5 Å². The summed E-state index contributed by atoms with van der Waals surface area (Å²) in [6, 6.07) is 1.41. The van der Waals surface area contributed by atoms with Gasteiger partial charge in [0.1, 0.15) is 4.90 Å². The Morgan fingerprint density at radius 2 is 2.11 bits per heavy atom. The lowest BCUT2D eigenvalue weighted by molar-refractivity contribution is 0.126. The fourth-order valence-electron chi connectivity index (χ4n) is 1.54. The first-order valence-electron chi connectivity index (χ1n) is 5.32. The molecule has 0 aliphatic rings. The predicted octanol–water partition coefficient (Wildman–Crippen LogP) is 2.13. The Kier molecular flexibility index (Phi) is 5.12. The molecule has 0 unspecified atom stereocenters. The number of aromatic nitrogens is 1. The van der Waals surface area contributed by atoms with Gasteiger partial charge in [-0.3, -0.25) is 0 Å². The summed E-state index contributed by atoms with van der Waals surface area (Å²) in [4.78, 5) is -0.0110. The van der Waals surface area contributed by atoms with Crippen LogP contribution in [0.25, 0.3) is 0 Å². The van der Waals surface area contributed by atoms with E-state index in [1.165, 1.54) is 12.3 Å². The fourth-order valence-corrected chi connectivity index (χ4v) is 2.99. The Hall–Kier alpha value is -0.660. The zero-order valence-electron chi connectivity index (χ0n) is 10.1. The minimum Gasteiger partial charge on any atom is -0.349 e. The molecule has 1 heterocycles. The lowest BCUT2D eigenvalue weighted by Gasteiger charge is -2.15. The molecule has 0 aliphatic carbocycles. The molecule has 1 aromatic heterocycles. The molecule has 0 atom stereocenters. The monoisotopic (exact) mass is 300 g/mol. The molecule has 0 aliphatic heterocycles. The molecule has 0 saturated heterocycles. The average molecular weight is 301 g/mol. The molecule has 0 aromatic carbocycles. The minimum atomic E-state index is -3.88. The molecule has 0 N–H and O–H groups in total. The number of nitrogens with zero attached hydrogens (tertiary/aromatic N) is 2. The van der Waals surface area contributed by atoms with Gasteiger partial charge < -0.3 is 4.57 Å². The highest BCUT2D eigenvalue weighted by atomic mass is 35.5.